The summed E-state index contributed by atoms with van der Waals surface area (Å²) < 4.78 is 27.0. The number of benzene rings is 2. The molecule has 3 rings (SSSR count). The van der Waals surface area contributed by atoms with Crippen molar-refractivity contribution < 1.29 is 13.2 Å². The Morgan fingerprint density at radius 1 is 1.04 bits per heavy atom. The number of anilines is 1. The Morgan fingerprint density at radius 2 is 1.69 bits per heavy atom. The Morgan fingerprint density at radius 3 is 2.35 bits per heavy atom. The SMILES string of the molecule is CN(c1ccccc1)S(=O)(=O)c1cccc(C(=O)N2CCNCC2)c1.Cl. The molecule has 0 atom stereocenters. The molecule has 1 aliphatic rings. The smallest absolute Gasteiger partial charge is 0.264 e. The zero-order chi connectivity index (χ0) is 17.9. The summed E-state index contributed by atoms with van der Waals surface area (Å²) in [6.45, 7) is 2.75. The monoisotopic (exact) mass is 395 g/mol. The van der Waals surface area contributed by atoms with E-state index in [0.29, 0.717) is 24.3 Å². The topological polar surface area (TPSA) is 69.7 Å². The zero-order valence-electron chi connectivity index (χ0n) is 14.5. The average molecular weight is 396 g/mol. The molecule has 0 bridgehead atoms. The van der Waals surface area contributed by atoms with Gasteiger partial charge in [0.15, 0.2) is 0 Å². The quantitative estimate of drug-likeness (QED) is 0.859. The maximum atomic E-state index is 12.9. The lowest BCUT2D eigenvalue weighted by atomic mass is 10.2. The predicted molar refractivity (Wildman–Crippen MR) is 104 cm³/mol. The molecule has 1 amide bonds. The number of carbonyl (C=O) groups excluding carboxylic acids is 1. The largest absolute Gasteiger partial charge is 0.336 e. The highest BCUT2D eigenvalue weighted by Crippen LogP contribution is 2.22. The maximum Gasteiger partial charge on any atom is 0.264 e. The van der Waals surface area contributed by atoms with Gasteiger partial charge in [0.05, 0.1) is 10.6 Å². The lowest BCUT2D eigenvalue weighted by molar-refractivity contribution is 0.0735. The van der Waals surface area contributed by atoms with Crippen LogP contribution >= 0.6 is 12.4 Å². The van der Waals surface area contributed by atoms with Gasteiger partial charge >= 0.3 is 0 Å². The predicted octanol–water partition coefficient (Wildman–Crippen LogP) is 1.98. The van der Waals surface area contributed by atoms with Gasteiger partial charge in [0.2, 0.25) is 0 Å². The van der Waals surface area contributed by atoms with Gasteiger partial charge in [0, 0.05) is 38.8 Å². The average Bonchev–Trinajstić information content (AvgIpc) is 2.68. The third-order valence-corrected chi connectivity index (χ3v) is 6.04. The van der Waals surface area contributed by atoms with Crippen LogP contribution in [-0.2, 0) is 10.0 Å². The number of amides is 1. The van der Waals surface area contributed by atoms with Crippen molar-refractivity contribution in [2.45, 2.75) is 4.90 Å². The summed E-state index contributed by atoms with van der Waals surface area (Å²) in [6.07, 6.45) is 0. The molecule has 1 N–H and O–H groups in total. The van der Waals surface area contributed by atoms with E-state index < -0.39 is 10.0 Å². The van der Waals surface area contributed by atoms with Gasteiger partial charge in [-0.2, -0.15) is 0 Å². The van der Waals surface area contributed by atoms with Crippen LogP contribution in [0, 0.1) is 0 Å². The van der Waals surface area contributed by atoms with E-state index >= 15 is 0 Å². The van der Waals surface area contributed by atoms with Crippen LogP contribution in [0.2, 0.25) is 0 Å². The van der Waals surface area contributed by atoms with E-state index in [1.54, 1.807) is 41.3 Å². The van der Waals surface area contributed by atoms with Crippen molar-refractivity contribution in [2.75, 3.05) is 37.5 Å². The van der Waals surface area contributed by atoms with Gasteiger partial charge < -0.3 is 10.2 Å². The first-order chi connectivity index (χ1) is 12.0. The minimum Gasteiger partial charge on any atom is -0.336 e. The van der Waals surface area contributed by atoms with Crippen molar-refractivity contribution >= 4 is 34.0 Å². The van der Waals surface area contributed by atoms with Crippen LogP contribution in [-0.4, -0.2) is 52.5 Å². The molecule has 1 aliphatic heterocycles. The van der Waals surface area contributed by atoms with Gasteiger partial charge in [-0.25, -0.2) is 8.42 Å². The van der Waals surface area contributed by atoms with Crippen LogP contribution in [0.1, 0.15) is 10.4 Å². The van der Waals surface area contributed by atoms with Crippen molar-refractivity contribution in [3.63, 3.8) is 0 Å². The zero-order valence-corrected chi connectivity index (χ0v) is 16.1. The fourth-order valence-electron chi connectivity index (χ4n) is 2.77. The van der Waals surface area contributed by atoms with Crippen LogP contribution in [0.4, 0.5) is 5.69 Å². The molecule has 0 aliphatic carbocycles. The fourth-order valence-corrected chi connectivity index (χ4v) is 4.02. The molecule has 0 spiro atoms. The summed E-state index contributed by atoms with van der Waals surface area (Å²) >= 11 is 0. The van der Waals surface area contributed by atoms with Crippen LogP contribution in [0.3, 0.4) is 0 Å². The summed E-state index contributed by atoms with van der Waals surface area (Å²) in [4.78, 5) is 14.5. The second kappa shape index (κ2) is 8.53. The molecule has 8 heteroatoms. The van der Waals surface area contributed by atoms with Crippen molar-refractivity contribution in [2.24, 2.45) is 0 Å². The van der Waals surface area contributed by atoms with Gasteiger partial charge in [-0.05, 0) is 30.3 Å². The third-order valence-electron chi connectivity index (χ3n) is 4.26. The van der Waals surface area contributed by atoms with Crippen LogP contribution in [0.5, 0.6) is 0 Å². The number of sulfonamides is 1. The lowest BCUT2D eigenvalue weighted by Crippen LogP contribution is -2.46. The standard InChI is InChI=1S/C18H21N3O3S.ClH/c1-20(16-7-3-2-4-8-16)25(23,24)17-9-5-6-15(14-17)18(22)21-12-10-19-11-13-21;/h2-9,14,19H,10-13H2,1H3;1H. The Bertz CT molecular complexity index is 853. The Hall–Kier alpha value is -2.09. The van der Waals surface area contributed by atoms with E-state index in [0.717, 1.165) is 13.1 Å². The molecule has 2 aromatic carbocycles. The number of nitrogens with one attached hydrogen (secondary N) is 1. The van der Waals surface area contributed by atoms with Crippen LogP contribution in [0.25, 0.3) is 0 Å². The minimum atomic E-state index is -3.73. The third kappa shape index (κ3) is 4.17. The fraction of sp³-hybridized carbons (Fsp3) is 0.278. The molecular weight excluding hydrogens is 374 g/mol. The Labute approximate surface area is 160 Å². The van der Waals surface area contributed by atoms with Crippen molar-refractivity contribution in [3.05, 3.63) is 60.2 Å². The number of hydrogen-bond acceptors (Lipinski definition) is 4. The Kier molecular flexibility index (Phi) is 6.63. The molecule has 2 aromatic rings. The normalized spacial score (nSPS) is 14.4. The minimum absolute atomic E-state index is 0. The highest BCUT2D eigenvalue weighted by atomic mass is 35.5. The van der Waals surface area contributed by atoms with Gasteiger partial charge in [0.1, 0.15) is 0 Å². The number of piperazine rings is 1. The maximum absolute atomic E-state index is 12.9. The highest BCUT2D eigenvalue weighted by Gasteiger charge is 2.24. The highest BCUT2D eigenvalue weighted by molar-refractivity contribution is 7.92. The molecule has 1 fully saturated rings. The first kappa shape index (κ1) is 20.2. The molecule has 0 radical (unpaired) electrons. The molecule has 1 saturated heterocycles. The van der Waals surface area contributed by atoms with Crippen molar-refractivity contribution in [1.29, 1.82) is 0 Å². The second-order valence-corrected chi connectivity index (χ2v) is 7.85. The van der Waals surface area contributed by atoms with E-state index in [2.05, 4.69) is 5.32 Å². The summed E-state index contributed by atoms with van der Waals surface area (Å²) in [5.41, 5.74) is 0.964. The lowest BCUT2D eigenvalue weighted by Gasteiger charge is -2.27. The van der Waals surface area contributed by atoms with Crippen molar-refractivity contribution in [3.8, 4) is 0 Å². The molecule has 0 saturated carbocycles. The van der Waals surface area contributed by atoms with E-state index in [4.69, 9.17) is 0 Å². The summed E-state index contributed by atoms with van der Waals surface area (Å²) in [5, 5.41) is 3.19. The number of hydrogen-bond donors (Lipinski definition) is 1. The molecule has 140 valence electrons. The molecule has 1 heterocycles. The van der Waals surface area contributed by atoms with E-state index in [1.165, 1.54) is 23.5 Å². The number of para-hydroxylation sites is 1. The van der Waals surface area contributed by atoms with Crippen LogP contribution in [0.15, 0.2) is 59.5 Å². The van der Waals surface area contributed by atoms with Gasteiger partial charge in [-0.1, -0.05) is 24.3 Å². The summed E-state index contributed by atoms with van der Waals surface area (Å²) in [6, 6.07) is 15.1. The number of carbonyl (C=O) groups is 1. The summed E-state index contributed by atoms with van der Waals surface area (Å²) in [5.74, 6) is -0.138. The van der Waals surface area contributed by atoms with E-state index in [-0.39, 0.29) is 23.2 Å². The first-order valence-electron chi connectivity index (χ1n) is 8.14. The number of nitrogens with zero attached hydrogens (tertiary/aromatic N) is 2. The van der Waals surface area contributed by atoms with Crippen LogP contribution < -0.4 is 9.62 Å². The molecule has 26 heavy (non-hydrogen) atoms. The molecule has 6 nitrogen and oxygen atoms in total. The molecule has 0 unspecified atom stereocenters. The summed E-state index contributed by atoms with van der Waals surface area (Å²) in [7, 11) is -2.22. The first-order valence-corrected chi connectivity index (χ1v) is 9.58. The second-order valence-electron chi connectivity index (χ2n) is 5.88. The van der Waals surface area contributed by atoms with Gasteiger partial charge in [-0.3, -0.25) is 9.10 Å². The van der Waals surface area contributed by atoms with E-state index in [9.17, 15) is 13.2 Å². The molecule has 0 aromatic heterocycles. The number of rotatable bonds is 4. The van der Waals surface area contributed by atoms with E-state index in [1.807, 2.05) is 6.07 Å². The van der Waals surface area contributed by atoms with Gasteiger partial charge in [-0.15, -0.1) is 12.4 Å². The van der Waals surface area contributed by atoms with Gasteiger partial charge in [0.25, 0.3) is 15.9 Å². The number of halogens is 1. The Balaban J connectivity index is 0.00000243. The molecular formula is C18H22ClN3O3S. The van der Waals surface area contributed by atoms with Crippen molar-refractivity contribution in [1.82, 2.24) is 10.2 Å².